The average Bonchev–Trinajstić information content (AvgIpc) is 3.02. The van der Waals surface area contributed by atoms with Crippen LogP contribution in [0.2, 0.25) is 0 Å². The van der Waals surface area contributed by atoms with Crippen LogP contribution >= 0.6 is 0 Å². The molecule has 0 unspecified atom stereocenters. The Bertz CT molecular complexity index is 1560. The van der Waals surface area contributed by atoms with Crippen molar-refractivity contribution in [1.29, 1.82) is 0 Å². The van der Waals surface area contributed by atoms with E-state index in [1.807, 2.05) is 18.2 Å². The Balaban J connectivity index is 1.75. The smallest absolute Gasteiger partial charge is 0.347 e. The molecule has 0 atom stereocenters. The van der Waals surface area contributed by atoms with E-state index in [1.54, 1.807) is 0 Å². The van der Waals surface area contributed by atoms with Crippen molar-refractivity contribution in [1.82, 2.24) is 0 Å². The Labute approximate surface area is 225 Å². The molecule has 38 heavy (non-hydrogen) atoms. The molecule has 0 saturated heterocycles. The fraction of sp³-hybridized carbons (Fsp3) is 0. The van der Waals surface area contributed by atoms with Crippen LogP contribution in [0, 0.1) is 0 Å². The number of hydrogen-bond donors (Lipinski definition) is 0. The molecular weight excluding hydrogens is 476 g/mol. The van der Waals surface area contributed by atoms with Gasteiger partial charge in [0.05, 0.1) is 0 Å². The van der Waals surface area contributed by atoms with E-state index in [9.17, 15) is 0 Å². The summed E-state index contributed by atoms with van der Waals surface area (Å²) in [5, 5.41) is 3.64. The Morgan fingerprint density at radius 3 is 1.34 bits per heavy atom. The second kappa shape index (κ2) is 10.8. The summed E-state index contributed by atoms with van der Waals surface area (Å²) in [6.07, 6.45) is 0. The third-order valence-corrected chi connectivity index (χ3v) is 11.0. The highest BCUT2D eigenvalue weighted by molar-refractivity contribution is 7.08. The van der Waals surface area contributed by atoms with Gasteiger partial charge in [-0.2, -0.15) is 0 Å². The van der Waals surface area contributed by atoms with Gasteiger partial charge in [0.2, 0.25) is 0 Å². The maximum Gasteiger partial charge on any atom is 0.347 e. The fourth-order valence-electron chi connectivity index (χ4n) is 5.28. The maximum atomic E-state index is 7.35. The van der Waals surface area contributed by atoms with Crippen molar-refractivity contribution in [3.8, 4) is 28.0 Å². The van der Waals surface area contributed by atoms with E-state index in [2.05, 4.69) is 152 Å². The quantitative estimate of drug-likeness (QED) is 0.167. The van der Waals surface area contributed by atoms with E-state index in [0.29, 0.717) is 0 Å². The summed E-state index contributed by atoms with van der Waals surface area (Å²) in [6, 6.07) is 59.9. The zero-order chi connectivity index (χ0) is 25.6. The van der Waals surface area contributed by atoms with Crippen LogP contribution in [0.1, 0.15) is 0 Å². The van der Waals surface area contributed by atoms with Gasteiger partial charge in [0.15, 0.2) is 0 Å². The van der Waals surface area contributed by atoms with Crippen molar-refractivity contribution < 1.29 is 4.43 Å². The van der Waals surface area contributed by atoms with E-state index < -0.39 is 8.32 Å². The Kier molecular flexibility index (Phi) is 6.71. The lowest BCUT2D eigenvalue weighted by Gasteiger charge is -2.35. The first kappa shape index (κ1) is 23.7. The molecule has 0 aliphatic heterocycles. The number of hydrogen-bond acceptors (Lipinski definition) is 1. The average molecular weight is 505 g/mol. The van der Waals surface area contributed by atoms with Crippen molar-refractivity contribution in [2.75, 3.05) is 0 Å². The minimum atomic E-state index is -3.06. The summed E-state index contributed by atoms with van der Waals surface area (Å²) in [6.45, 7) is 0. The Hall–Kier alpha value is -4.66. The molecule has 6 aromatic carbocycles. The summed E-state index contributed by atoms with van der Waals surface area (Å²) >= 11 is 0. The SMILES string of the molecule is c1ccc(O[Si](c2ccccc2)(c2ccccc2)c2cccc(-c3ccccc3)c2-c2ccccc2)cc1. The van der Waals surface area contributed by atoms with Gasteiger partial charge >= 0.3 is 8.32 Å². The van der Waals surface area contributed by atoms with E-state index in [1.165, 1.54) is 37.8 Å². The predicted molar refractivity (Wildman–Crippen MR) is 162 cm³/mol. The molecule has 1 nitrogen and oxygen atoms in total. The number of rotatable bonds is 7. The van der Waals surface area contributed by atoms with Crippen LogP contribution in [0.4, 0.5) is 0 Å². The van der Waals surface area contributed by atoms with E-state index in [0.717, 1.165) is 5.75 Å². The van der Waals surface area contributed by atoms with Crippen LogP contribution in [0.15, 0.2) is 170 Å². The fourth-order valence-corrected chi connectivity index (χ4v) is 9.36. The topological polar surface area (TPSA) is 9.23 Å². The lowest BCUT2D eigenvalue weighted by atomic mass is 9.94. The van der Waals surface area contributed by atoms with E-state index >= 15 is 0 Å². The van der Waals surface area contributed by atoms with Crippen molar-refractivity contribution in [3.63, 3.8) is 0 Å². The summed E-state index contributed by atoms with van der Waals surface area (Å²) in [5.41, 5.74) is 4.79. The third kappa shape index (κ3) is 4.47. The molecule has 0 aliphatic rings. The van der Waals surface area contributed by atoms with Gasteiger partial charge in [-0.25, -0.2) is 0 Å². The summed E-state index contributed by atoms with van der Waals surface area (Å²) in [7, 11) is -3.06. The highest BCUT2D eigenvalue weighted by atomic mass is 28.4. The molecule has 6 rings (SSSR count). The molecule has 6 aromatic rings. The first-order valence-electron chi connectivity index (χ1n) is 13.0. The molecule has 0 aliphatic carbocycles. The largest absolute Gasteiger partial charge is 0.530 e. The molecule has 0 heterocycles. The van der Waals surface area contributed by atoms with Gasteiger partial charge in [0, 0.05) is 0 Å². The lowest BCUT2D eigenvalue weighted by Crippen LogP contribution is -2.72. The minimum Gasteiger partial charge on any atom is -0.530 e. The Morgan fingerprint density at radius 1 is 0.368 bits per heavy atom. The first-order valence-corrected chi connectivity index (χ1v) is 14.9. The summed E-state index contributed by atoms with van der Waals surface area (Å²) < 4.78 is 7.35. The van der Waals surface area contributed by atoms with Crippen LogP contribution in [-0.2, 0) is 0 Å². The van der Waals surface area contributed by atoms with Gasteiger partial charge in [0.25, 0.3) is 0 Å². The zero-order valence-corrected chi connectivity index (χ0v) is 22.1. The van der Waals surface area contributed by atoms with Gasteiger partial charge in [-0.3, -0.25) is 0 Å². The minimum absolute atomic E-state index is 0.871. The predicted octanol–water partition coefficient (Wildman–Crippen LogP) is 7.07. The molecule has 0 fully saturated rings. The highest BCUT2D eigenvalue weighted by Crippen LogP contribution is 2.33. The van der Waals surface area contributed by atoms with E-state index in [-0.39, 0.29) is 0 Å². The summed E-state index contributed by atoms with van der Waals surface area (Å²) in [5.74, 6) is 0.871. The van der Waals surface area contributed by atoms with Crippen LogP contribution in [0.5, 0.6) is 5.75 Å². The molecule has 0 spiro atoms. The van der Waals surface area contributed by atoms with Crippen LogP contribution < -0.4 is 20.0 Å². The monoisotopic (exact) mass is 504 g/mol. The zero-order valence-electron chi connectivity index (χ0n) is 21.1. The third-order valence-electron chi connectivity index (χ3n) is 6.97. The van der Waals surface area contributed by atoms with Gasteiger partial charge in [-0.05, 0) is 49.9 Å². The molecule has 0 radical (unpaired) electrons. The second-order valence-electron chi connectivity index (χ2n) is 9.29. The standard InChI is InChI=1S/C36H28OSi/c1-6-17-29(18-7-1)34-27-16-28-35(36(34)30-19-8-2-9-20-30)38(32-23-12-4-13-24-32,33-25-14-5-15-26-33)37-31-21-10-3-11-22-31/h1-28H. The molecule has 0 bridgehead atoms. The normalized spacial score (nSPS) is 11.2. The van der Waals surface area contributed by atoms with Crippen LogP contribution in [0.25, 0.3) is 22.3 Å². The molecule has 0 aromatic heterocycles. The molecule has 2 heteroatoms. The van der Waals surface area contributed by atoms with Crippen molar-refractivity contribution in [2.45, 2.75) is 0 Å². The molecule has 0 amide bonds. The van der Waals surface area contributed by atoms with Crippen molar-refractivity contribution in [3.05, 3.63) is 170 Å². The van der Waals surface area contributed by atoms with Crippen molar-refractivity contribution >= 4 is 23.9 Å². The highest BCUT2D eigenvalue weighted by Gasteiger charge is 2.46. The van der Waals surface area contributed by atoms with Gasteiger partial charge in [-0.1, -0.05) is 158 Å². The van der Waals surface area contributed by atoms with Gasteiger partial charge in [-0.15, -0.1) is 0 Å². The van der Waals surface area contributed by atoms with Crippen molar-refractivity contribution in [2.24, 2.45) is 0 Å². The number of benzene rings is 6. The molecule has 0 saturated carbocycles. The van der Waals surface area contributed by atoms with Crippen LogP contribution in [0.3, 0.4) is 0 Å². The molecule has 0 N–H and O–H groups in total. The molecule has 182 valence electrons. The van der Waals surface area contributed by atoms with E-state index in [4.69, 9.17) is 4.43 Å². The second-order valence-corrected chi connectivity index (χ2v) is 12.5. The molecular formula is C36H28OSi. The van der Waals surface area contributed by atoms with Crippen LogP contribution in [-0.4, -0.2) is 8.32 Å². The maximum absolute atomic E-state index is 7.35. The summed E-state index contributed by atoms with van der Waals surface area (Å²) in [4.78, 5) is 0. The first-order chi connectivity index (χ1) is 18.9. The number of para-hydroxylation sites is 1. The Morgan fingerprint density at radius 2 is 0.816 bits per heavy atom. The van der Waals surface area contributed by atoms with Gasteiger partial charge in [0.1, 0.15) is 5.75 Å². The lowest BCUT2D eigenvalue weighted by molar-refractivity contribution is 0.577. The van der Waals surface area contributed by atoms with Gasteiger partial charge < -0.3 is 4.43 Å².